The summed E-state index contributed by atoms with van der Waals surface area (Å²) in [6.07, 6.45) is 3.38. The summed E-state index contributed by atoms with van der Waals surface area (Å²) in [7, 11) is 0. The van der Waals surface area contributed by atoms with Crippen molar-refractivity contribution >= 4 is 28.6 Å². The van der Waals surface area contributed by atoms with E-state index < -0.39 is 0 Å². The normalized spacial score (nSPS) is 16.4. The number of pyridine rings is 1. The molecule has 0 aromatic carbocycles. The maximum Gasteiger partial charge on any atom is 0.180 e. The van der Waals surface area contributed by atoms with Gasteiger partial charge >= 0.3 is 0 Å². The molecule has 1 saturated heterocycles. The number of rotatable bonds is 1. The van der Waals surface area contributed by atoms with Gasteiger partial charge in [0.2, 0.25) is 0 Å². The van der Waals surface area contributed by atoms with Crippen LogP contribution in [0.2, 0.25) is 5.02 Å². The van der Waals surface area contributed by atoms with Crippen LogP contribution in [0.1, 0.15) is 0 Å². The van der Waals surface area contributed by atoms with Crippen LogP contribution in [0.15, 0.2) is 18.5 Å². The van der Waals surface area contributed by atoms with Crippen molar-refractivity contribution in [1.29, 1.82) is 0 Å². The van der Waals surface area contributed by atoms with E-state index in [4.69, 9.17) is 11.6 Å². The maximum absolute atomic E-state index is 5.86. The Labute approximate surface area is 104 Å². The van der Waals surface area contributed by atoms with Gasteiger partial charge in [0.25, 0.3) is 0 Å². The summed E-state index contributed by atoms with van der Waals surface area (Å²) >= 11 is 5.86. The van der Waals surface area contributed by atoms with Gasteiger partial charge in [-0.2, -0.15) is 0 Å². The number of anilines is 1. The first-order valence-electron chi connectivity index (χ1n) is 5.57. The number of fused-ring (bicyclic) bond motifs is 1. The quantitative estimate of drug-likeness (QED) is 0.820. The first-order valence-corrected chi connectivity index (χ1v) is 5.95. The van der Waals surface area contributed by atoms with Gasteiger partial charge in [-0.25, -0.2) is 15.0 Å². The van der Waals surface area contributed by atoms with Crippen molar-refractivity contribution in [3.63, 3.8) is 0 Å². The zero-order valence-corrected chi connectivity index (χ0v) is 9.98. The summed E-state index contributed by atoms with van der Waals surface area (Å²) in [5, 5.41) is 3.89. The second-order valence-corrected chi connectivity index (χ2v) is 4.40. The van der Waals surface area contributed by atoms with Crippen LogP contribution in [0.5, 0.6) is 0 Å². The molecule has 0 bridgehead atoms. The lowest BCUT2D eigenvalue weighted by molar-refractivity contribution is 0.585. The second-order valence-electron chi connectivity index (χ2n) is 3.96. The third kappa shape index (κ3) is 2.16. The zero-order chi connectivity index (χ0) is 11.7. The Morgan fingerprint density at radius 2 is 2.00 bits per heavy atom. The van der Waals surface area contributed by atoms with Crippen molar-refractivity contribution in [3.8, 4) is 0 Å². The Morgan fingerprint density at radius 3 is 2.82 bits per heavy atom. The molecule has 6 heteroatoms. The minimum Gasteiger partial charge on any atom is -0.353 e. The summed E-state index contributed by atoms with van der Waals surface area (Å²) in [4.78, 5) is 15.2. The summed E-state index contributed by atoms with van der Waals surface area (Å²) in [5.41, 5.74) is 1.38. The van der Waals surface area contributed by atoms with Crippen molar-refractivity contribution < 1.29 is 0 Å². The second kappa shape index (κ2) is 4.43. The zero-order valence-electron chi connectivity index (χ0n) is 9.23. The summed E-state index contributed by atoms with van der Waals surface area (Å²) < 4.78 is 0. The van der Waals surface area contributed by atoms with Crippen LogP contribution in [-0.4, -0.2) is 41.1 Å². The largest absolute Gasteiger partial charge is 0.353 e. The van der Waals surface area contributed by atoms with E-state index in [0.29, 0.717) is 10.7 Å². The first kappa shape index (κ1) is 10.7. The smallest absolute Gasteiger partial charge is 0.180 e. The van der Waals surface area contributed by atoms with Crippen molar-refractivity contribution in [2.75, 3.05) is 31.1 Å². The molecular formula is C11H12ClN5. The molecule has 2 aromatic rings. The van der Waals surface area contributed by atoms with Gasteiger partial charge in [0.05, 0.1) is 11.2 Å². The molecule has 1 aliphatic heterocycles. The van der Waals surface area contributed by atoms with Crippen molar-refractivity contribution in [1.82, 2.24) is 20.3 Å². The van der Waals surface area contributed by atoms with Crippen LogP contribution in [-0.2, 0) is 0 Å². The van der Waals surface area contributed by atoms with Crippen LogP contribution in [0.25, 0.3) is 11.2 Å². The van der Waals surface area contributed by atoms with E-state index in [1.807, 2.05) is 0 Å². The molecule has 0 amide bonds. The molecule has 0 spiro atoms. The van der Waals surface area contributed by atoms with E-state index in [-0.39, 0.29) is 0 Å². The molecule has 3 rings (SSSR count). The van der Waals surface area contributed by atoms with Gasteiger partial charge in [-0.1, -0.05) is 11.6 Å². The van der Waals surface area contributed by atoms with Gasteiger partial charge in [-0.3, -0.25) is 0 Å². The Kier molecular flexibility index (Phi) is 2.78. The molecule has 1 aliphatic rings. The standard InChI is InChI=1S/C11H12ClN5/c12-8-5-9-11(15-6-8)16-10(7-14-9)17-3-1-13-2-4-17/h5-7,13H,1-4H2. The average molecular weight is 250 g/mol. The molecule has 17 heavy (non-hydrogen) atoms. The van der Waals surface area contributed by atoms with Crippen LogP contribution in [0.3, 0.4) is 0 Å². The van der Waals surface area contributed by atoms with Gasteiger partial charge in [0.1, 0.15) is 11.3 Å². The maximum atomic E-state index is 5.86. The monoisotopic (exact) mass is 249 g/mol. The molecule has 0 radical (unpaired) electrons. The van der Waals surface area contributed by atoms with Gasteiger partial charge in [-0.15, -0.1) is 0 Å². The Hall–Kier alpha value is -1.46. The lowest BCUT2D eigenvalue weighted by Crippen LogP contribution is -2.43. The topological polar surface area (TPSA) is 53.9 Å². The van der Waals surface area contributed by atoms with E-state index in [1.165, 1.54) is 0 Å². The van der Waals surface area contributed by atoms with E-state index in [9.17, 15) is 0 Å². The third-order valence-corrected chi connectivity index (χ3v) is 3.00. The number of nitrogens with one attached hydrogen (secondary N) is 1. The number of hydrogen-bond acceptors (Lipinski definition) is 5. The summed E-state index contributed by atoms with van der Waals surface area (Å²) in [6.45, 7) is 3.86. The van der Waals surface area contributed by atoms with Crippen LogP contribution >= 0.6 is 11.6 Å². The molecule has 5 nitrogen and oxygen atoms in total. The van der Waals surface area contributed by atoms with E-state index in [0.717, 1.165) is 37.5 Å². The first-order chi connectivity index (χ1) is 8.33. The Morgan fingerprint density at radius 1 is 1.18 bits per heavy atom. The molecule has 3 heterocycles. The van der Waals surface area contributed by atoms with Crippen LogP contribution in [0, 0.1) is 0 Å². The molecule has 1 fully saturated rings. The molecule has 0 atom stereocenters. The Balaban J connectivity index is 1.98. The molecule has 2 aromatic heterocycles. The van der Waals surface area contributed by atoms with Gasteiger partial charge in [0.15, 0.2) is 5.65 Å². The fraction of sp³-hybridized carbons (Fsp3) is 0.364. The van der Waals surface area contributed by atoms with Crippen molar-refractivity contribution in [2.45, 2.75) is 0 Å². The lowest BCUT2D eigenvalue weighted by Gasteiger charge is -2.27. The highest BCUT2D eigenvalue weighted by molar-refractivity contribution is 6.30. The summed E-state index contributed by atoms with van der Waals surface area (Å²) in [6, 6.07) is 1.78. The lowest BCUT2D eigenvalue weighted by atomic mass is 10.3. The van der Waals surface area contributed by atoms with E-state index in [2.05, 4.69) is 25.2 Å². The van der Waals surface area contributed by atoms with Gasteiger partial charge in [0, 0.05) is 32.4 Å². The molecule has 88 valence electrons. The molecule has 0 saturated carbocycles. The van der Waals surface area contributed by atoms with Crippen molar-refractivity contribution in [3.05, 3.63) is 23.5 Å². The average Bonchev–Trinajstić information content (AvgIpc) is 2.39. The highest BCUT2D eigenvalue weighted by Crippen LogP contribution is 2.17. The minimum absolute atomic E-state index is 0.585. The molecule has 1 N–H and O–H groups in total. The van der Waals surface area contributed by atoms with Gasteiger partial charge < -0.3 is 10.2 Å². The highest BCUT2D eigenvalue weighted by atomic mass is 35.5. The number of halogens is 1. The van der Waals surface area contributed by atoms with E-state index >= 15 is 0 Å². The number of piperazine rings is 1. The molecule has 0 unspecified atom stereocenters. The van der Waals surface area contributed by atoms with Crippen LogP contribution in [0.4, 0.5) is 5.82 Å². The SMILES string of the molecule is Clc1cnc2nc(N3CCNCC3)cnc2c1. The highest BCUT2D eigenvalue weighted by Gasteiger charge is 2.12. The van der Waals surface area contributed by atoms with Crippen LogP contribution < -0.4 is 10.2 Å². The summed E-state index contributed by atoms with van der Waals surface area (Å²) in [5.74, 6) is 0.883. The predicted octanol–water partition coefficient (Wildman–Crippen LogP) is 1.09. The molecular weight excluding hydrogens is 238 g/mol. The van der Waals surface area contributed by atoms with E-state index in [1.54, 1.807) is 18.5 Å². The third-order valence-electron chi connectivity index (χ3n) is 2.79. The Bertz CT molecular complexity index is 538. The number of nitrogens with zero attached hydrogens (tertiary/aromatic N) is 4. The minimum atomic E-state index is 0.585. The number of hydrogen-bond donors (Lipinski definition) is 1. The predicted molar refractivity (Wildman–Crippen MR) is 67.4 cm³/mol. The molecule has 0 aliphatic carbocycles. The fourth-order valence-electron chi connectivity index (χ4n) is 1.91. The number of aromatic nitrogens is 3. The fourth-order valence-corrected chi connectivity index (χ4v) is 2.07. The van der Waals surface area contributed by atoms with Gasteiger partial charge in [-0.05, 0) is 6.07 Å². The van der Waals surface area contributed by atoms with Crippen molar-refractivity contribution in [2.24, 2.45) is 0 Å².